The minimum Gasteiger partial charge on any atom is -0.491 e. The Labute approximate surface area is 191 Å². The van der Waals surface area contributed by atoms with Crippen molar-refractivity contribution in [2.24, 2.45) is 4.99 Å². The van der Waals surface area contributed by atoms with Gasteiger partial charge in [-0.1, -0.05) is 36.4 Å². The van der Waals surface area contributed by atoms with E-state index in [1.54, 1.807) is 21.3 Å². The molecule has 2 aromatic rings. The Hall–Kier alpha value is -1.84. The van der Waals surface area contributed by atoms with Crippen molar-refractivity contribution in [3.8, 4) is 5.75 Å². The zero-order valence-corrected chi connectivity index (χ0v) is 20.0. The second kappa shape index (κ2) is 14.2. The van der Waals surface area contributed by atoms with Crippen molar-refractivity contribution in [1.29, 1.82) is 0 Å². The number of guanidine groups is 1. The number of halogens is 1. The average Bonchev–Trinajstić information content (AvgIpc) is 2.70. The second-order valence-electron chi connectivity index (χ2n) is 6.48. The van der Waals surface area contributed by atoms with Gasteiger partial charge < -0.3 is 24.8 Å². The van der Waals surface area contributed by atoms with Crippen LogP contribution in [0.1, 0.15) is 22.3 Å². The van der Waals surface area contributed by atoms with Crippen molar-refractivity contribution in [2.45, 2.75) is 26.6 Å². The summed E-state index contributed by atoms with van der Waals surface area (Å²) in [6.07, 6.45) is 0. The van der Waals surface area contributed by atoms with Crippen LogP contribution in [0.25, 0.3) is 0 Å². The molecule has 7 heteroatoms. The maximum atomic E-state index is 5.85. The number of nitrogens with one attached hydrogen (secondary N) is 2. The molecule has 29 heavy (non-hydrogen) atoms. The molecule has 0 spiro atoms. The minimum atomic E-state index is 0. The minimum absolute atomic E-state index is 0. The first-order valence-electron chi connectivity index (χ1n) is 9.38. The Kier molecular flexibility index (Phi) is 12.3. The van der Waals surface area contributed by atoms with Crippen LogP contribution in [0.15, 0.2) is 47.5 Å². The molecule has 0 saturated carbocycles. The van der Waals surface area contributed by atoms with Gasteiger partial charge in [0, 0.05) is 39.9 Å². The lowest BCUT2D eigenvalue weighted by Crippen LogP contribution is -2.36. The number of ether oxygens (including phenoxy) is 3. The van der Waals surface area contributed by atoms with Crippen molar-refractivity contribution in [3.05, 3.63) is 64.7 Å². The summed E-state index contributed by atoms with van der Waals surface area (Å²) in [7, 11) is 5.14. The Bertz CT molecular complexity index is 769. The molecule has 0 aromatic heterocycles. The summed E-state index contributed by atoms with van der Waals surface area (Å²) in [5.74, 6) is 1.60. The highest BCUT2D eigenvalue weighted by Crippen LogP contribution is 2.20. The van der Waals surface area contributed by atoms with Gasteiger partial charge in [-0.15, -0.1) is 24.0 Å². The van der Waals surface area contributed by atoms with Crippen molar-refractivity contribution in [2.75, 3.05) is 34.5 Å². The molecule has 0 aliphatic rings. The standard InChI is InChI=1S/C22H31N3O3.HI/c1-17-8-9-20(21(12-17)28-11-10-26-3)15-25-22(23-2)24-14-18-6-5-7-19(13-18)16-27-4;/h5-9,12-13H,10-11,14-16H2,1-4H3,(H2,23,24,25);1H. The lowest BCUT2D eigenvalue weighted by Gasteiger charge is -2.15. The van der Waals surface area contributed by atoms with Crippen LogP contribution in [0.4, 0.5) is 0 Å². The maximum Gasteiger partial charge on any atom is 0.191 e. The molecule has 0 aliphatic heterocycles. The van der Waals surface area contributed by atoms with E-state index in [2.05, 4.69) is 52.9 Å². The third kappa shape index (κ3) is 9.01. The molecule has 0 radical (unpaired) electrons. The topological polar surface area (TPSA) is 64.1 Å². The van der Waals surface area contributed by atoms with Gasteiger partial charge in [0.1, 0.15) is 12.4 Å². The Morgan fingerprint density at radius 2 is 1.69 bits per heavy atom. The number of hydrogen-bond donors (Lipinski definition) is 2. The Balaban J connectivity index is 0.00000420. The van der Waals surface area contributed by atoms with Crippen LogP contribution in [0.2, 0.25) is 0 Å². The Morgan fingerprint density at radius 1 is 0.931 bits per heavy atom. The molecular weight excluding hydrogens is 481 g/mol. The van der Waals surface area contributed by atoms with Gasteiger partial charge in [0.2, 0.25) is 0 Å². The van der Waals surface area contributed by atoms with E-state index >= 15 is 0 Å². The number of hydrogen-bond acceptors (Lipinski definition) is 4. The highest BCUT2D eigenvalue weighted by Gasteiger charge is 2.06. The van der Waals surface area contributed by atoms with Gasteiger partial charge in [-0.25, -0.2) is 0 Å². The van der Waals surface area contributed by atoms with Crippen LogP contribution in [-0.2, 0) is 29.2 Å². The predicted molar refractivity (Wildman–Crippen MR) is 128 cm³/mol. The number of aryl methyl sites for hydroxylation is 1. The molecular formula is C22H32IN3O3. The average molecular weight is 513 g/mol. The van der Waals surface area contributed by atoms with Crippen molar-refractivity contribution in [3.63, 3.8) is 0 Å². The van der Waals surface area contributed by atoms with Crippen LogP contribution >= 0.6 is 24.0 Å². The monoisotopic (exact) mass is 513 g/mol. The largest absolute Gasteiger partial charge is 0.491 e. The van der Waals surface area contributed by atoms with Crippen molar-refractivity contribution in [1.82, 2.24) is 10.6 Å². The normalized spacial score (nSPS) is 11.0. The molecule has 2 rings (SSSR count). The third-order valence-electron chi connectivity index (χ3n) is 4.20. The van der Waals surface area contributed by atoms with Crippen LogP contribution in [-0.4, -0.2) is 40.4 Å². The van der Waals surface area contributed by atoms with Crippen LogP contribution in [0.3, 0.4) is 0 Å². The summed E-state index contributed by atoms with van der Waals surface area (Å²) < 4.78 is 16.1. The van der Waals surface area contributed by atoms with Gasteiger partial charge in [0.05, 0.1) is 13.2 Å². The zero-order valence-electron chi connectivity index (χ0n) is 17.7. The molecule has 2 N–H and O–H groups in total. The molecule has 6 nitrogen and oxygen atoms in total. The number of benzene rings is 2. The van der Waals surface area contributed by atoms with E-state index in [9.17, 15) is 0 Å². The van der Waals surface area contributed by atoms with E-state index in [1.807, 2.05) is 12.1 Å². The first-order chi connectivity index (χ1) is 13.7. The lowest BCUT2D eigenvalue weighted by molar-refractivity contribution is 0.145. The molecule has 0 amide bonds. The van der Waals surface area contributed by atoms with Crippen molar-refractivity contribution >= 4 is 29.9 Å². The van der Waals surface area contributed by atoms with Crippen molar-refractivity contribution < 1.29 is 14.2 Å². The summed E-state index contributed by atoms with van der Waals surface area (Å²) >= 11 is 0. The first kappa shape index (κ1) is 25.2. The van der Waals surface area contributed by atoms with E-state index in [4.69, 9.17) is 14.2 Å². The smallest absolute Gasteiger partial charge is 0.191 e. The van der Waals surface area contributed by atoms with Gasteiger partial charge in [-0.2, -0.15) is 0 Å². The third-order valence-corrected chi connectivity index (χ3v) is 4.20. The van der Waals surface area contributed by atoms with Gasteiger partial charge in [-0.05, 0) is 29.7 Å². The molecule has 0 heterocycles. The fourth-order valence-electron chi connectivity index (χ4n) is 2.76. The van der Waals surface area contributed by atoms with Crippen LogP contribution in [0.5, 0.6) is 5.75 Å². The molecule has 0 bridgehead atoms. The summed E-state index contributed by atoms with van der Waals surface area (Å²) in [5, 5.41) is 6.69. The molecule has 0 saturated heterocycles. The highest BCUT2D eigenvalue weighted by atomic mass is 127. The molecule has 2 aromatic carbocycles. The van der Waals surface area contributed by atoms with E-state index < -0.39 is 0 Å². The Morgan fingerprint density at radius 3 is 2.41 bits per heavy atom. The fourth-order valence-corrected chi connectivity index (χ4v) is 2.76. The summed E-state index contributed by atoms with van der Waals surface area (Å²) in [4.78, 5) is 4.31. The summed E-state index contributed by atoms with van der Waals surface area (Å²) in [6, 6.07) is 14.5. The number of methoxy groups -OCH3 is 2. The van der Waals surface area contributed by atoms with E-state index in [1.165, 1.54) is 5.56 Å². The first-order valence-corrected chi connectivity index (χ1v) is 9.38. The van der Waals surface area contributed by atoms with E-state index in [0.717, 1.165) is 28.4 Å². The van der Waals surface area contributed by atoms with E-state index in [0.29, 0.717) is 32.9 Å². The molecule has 0 unspecified atom stereocenters. The zero-order chi connectivity index (χ0) is 20.2. The fraction of sp³-hybridized carbons (Fsp3) is 0.409. The lowest BCUT2D eigenvalue weighted by atomic mass is 10.1. The quantitative estimate of drug-likeness (QED) is 0.220. The van der Waals surface area contributed by atoms with Gasteiger partial charge in [0.15, 0.2) is 5.96 Å². The molecule has 0 fully saturated rings. The predicted octanol–water partition coefficient (Wildman–Crippen LogP) is 3.65. The molecule has 0 atom stereocenters. The number of aliphatic imine (C=N–C) groups is 1. The second-order valence-corrected chi connectivity index (χ2v) is 6.48. The SMILES string of the molecule is CN=C(NCc1cccc(COC)c1)NCc1ccc(C)cc1OCCOC.I. The summed E-state index contributed by atoms with van der Waals surface area (Å²) in [6.45, 7) is 5.05. The van der Waals surface area contributed by atoms with Gasteiger partial charge in [-0.3, -0.25) is 4.99 Å². The number of nitrogens with zero attached hydrogens (tertiary/aromatic N) is 1. The number of rotatable bonds is 10. The summed E-state index contributed by atoms with van der Waals surface area (Å²) in [5.41, 5.74) is 4.57. The molecule has 0 aliphatic carbocycles. The van der Waals surface area contributed by atoms with Gasteiger partial charge >= 0.3 is 0 Å². The maximum absolute atomic E-state index is 5.85. The van der Waals surface area contributed by atoms with Crippen LogP contribution in [0, 0.1) is 6.92 Å². The van der Waals surface area contributed by atoms with Gasteiger partial charge in [0.25, 0.3) is 0 Å². The van der Waals surface area contributed by atoms with E-state index in [-0.39, 0.29) is 24.0 Å². The highest BCUT2D eigenvalue weighted by molar-refractivity contribution is 14.0. The molecule has 160 valence electrons. The van der Waals surface area contributed by atoms with Crippen LogP contribution < -0.4 is 15.4 Å².